The van der Waals surface area contributed by atoms with E-state index in [4.69, 9.17) is 5.26 Å². The van der Waals surface area contributed by atoms with Gasteiger partial charge in [-0.15, -0.1) is 11.8 Å². The third-order valence-corrected chi connectivity index (χ3v) is 9.08. The molecule has 0 saturated carbocycles. The fraction of sp³-hybridized carbons (Fsp3) is 0.391. The monoisotopic (exact) mass is 455 g/mol. The third kappa shape index (κ3) is 5.48. The predicted molar refractivity (Wildman–Crippen MR) is 122 cm³/mol. The molecule has 0 unspecified atom stereocenters. The van der Waals surface area contributed by atoms with Gasteiger partial charge < -0.3 is 4.90 Å². The fourth-order valence-electron chi connectivity index (χ4n) is 4.00. The average molecular weight is 456 g/mol. The number of carbonyl (C=O) groups excluding carboxylic acids is 1. The predicted octanol–water partition coefficient (Wildman–Crippen LogP) is 2.80. The van der Waals surface area contributed by atoms with Gasteiger partial charge in [-0.2, -0.15) is 5.26 Å². The molecule has 162 valence electrons. The Morgan fingerprint density at radius 2 is 1.77 bits per heavy atom. The Morgan fingerprint density at radius 1 is 1.06 bits per heavy atom. The van der Waals surface area contributed by atoms with Crippen molar-refractivity contribution in [3.05, 3.63) is 65.2 Å². The highest BCUT2D eigenvalue weighted by molar-refractivity contribution is 8.02. The summed E-state index contributed by atoms with van der Waals surface area (Å²) in [5.74, 6) is 0.442. The molecule has 4 rings (SSSR count). The Morgan fingerprint density at radius 3 is 2.42 bits per heavy atom. The van der Waals surface area contributed by atoms with E-state index in [2.05, 4.69) is 11.0 Å². The molecule has 2 aliphatic rings. The minimum atomic E-state index is -2.94. The van der Waals surface area contributed by atoms with Crippen LogP contribution in [-0.4, -0.2) is 67.1 Å². The number of hydrogen-bond donors (Lipinski definition) is 0. The number of rotatable bonds is 5. The minimum absolute atomic E-state index is 0.0157. The van der Waals surface area contributed by atoms with Crippen LogP contribution in [0.4, 0.5) is 0 Å². The van der Waals surface area contributed by atoms with Gasteiger partial charge in [0.25, 0.3) is 5.91 Å². The molecule has 0 aliphatic carbocycles. The maximum atomic E-state index is 13.2. The molecule has 0 aromatic heterocycles. The molecule has 2 aliphatic heterocycles. The summed E-state index contributed by atoms with van der Waals surface area (Å²) in [6.45, 7) is 3.71. The molecular formula is C23H25N3O3S2. The van der Waals surface area contributed by atoms with E-state index >= 15 is 0 Å². The van der Waals surface area contributed by atoms with Crippen LogP contribution < -0.4 is 0 Å². The second-order valence-corrected chi connectivity index (χ2v) is 11.6. The molecule has 0 spiro atoms. The number of nitriles is 1. The van der Waals surface area contributed by atoms with Crippen LogP contribution in [0.15, 0.2) is 53.4 Å². The molecule has 2 aromatic rings. The van der Waals surface area contributed by atoms with E-state index in [1.54, 1.807) is 0 Å². The van der Waals surface area contributed by atoms with Gasteiger partial charge in [0.15, 0.2) is 9.84 Å². The first-order valence-electron chi connectivity index (χ1n) is 10.4. The van der Waals surface area contributed by atoms with Crippen LogP contribution in [0.3, 0.4) is 0 Å². The normalized spacial score (nSPS) is 21.0. The zero-order valence-corrected chi connectivity index (χ0v) is 18.9. The number of piperazine rings is 1. The first-order chi connectivity index (χ1) is 14.9. The highest BCUT2D eigenvalue weighted by Crippen LogP contribution is 2.33. The van der Waals surface area contributed by atoms with Crippen LogP contribution in [0.1, 0.15) is 27.9 Å². The number of sulfone groups is 1. The van der Waals surface area contributed by atoms with E-state index in [0.29, 0.717) is 30.6 Å². The Labute approximate surface area is 187 Å². The van der Waals surface area contributed by atoms with Crippen molar-refractivity contribution in [3.63, 3.8) is 0 Å². The lowest BCUT2D eigenvalue weighted by Gasteiger charge is -2.35. The first kappa shape index (κ1) is 21.9. The molecule has 2 saturated heterocycles. The van der Waals surface area contributed by atoms with Crippen LogP contribution in [0.2, 0.25) is 0 Å². The minimum Gasteiger partial charge on any atom is -0.336 e. The van der Waals surface area contributed by atoms with Crippen LogP contribution in [0.5, 0.6) is 0 Å². The molecule has 8 heteroatoms. The molecule has 31 heavy (non-hydrogen) atoms. The van der Waals surface area contributed by atoms with Crippen molar-refractivity contribution < 1.29 is 13.2 Å². The number of carbonyl (C=O) groups is 1. The van der Waals surface area contributed by atoms with Gasteiger partial charge in [0.2, 0.25) is 0 Å². The summed E-state index contributed by atoms with van der Waals surface area (Å²) in [7, 11) is -2.94. The van der Waals surface area contributed by atoms with Gasteiger partial charge in [0.05, 0.1) is 28.7 Å². The van der Waals surface area contributed by atoms with Crippen molar-refractivity contribution in [1.29, 1.82) is 5.26 Å². The molecular weight excluding hydrogens is 430 g/mol. The smallest absolute Gasteiger partial charge is 0.255 e. The summed E-state index contributed by atoms with van der Waals surface area (Å²) in [6.07, 6.45) is 0.642. The SMILES string of the molecule is N#Cc1ccc(CN2CCN(C(=O)c3ccccc3S[C@@H]3CCS(=O)(=O)C3)CC2)cc1. The van der Waals surface area contributed by atoms with Crippen molar-refractivity contribution in [2.45, 2.75) is 23.1 Å². The Bertz CT molecular complexity index is 1090. The van der Waals surface area contributed by atoms with Gasteiger partial charge in [-0.25, -0.2) is 8.42 Å². The van der Waals surface area contributed by atoms with Gasteiger partial charge >= 0.3 is 0 Å². The Hall–Kier alpha value is -2.34. The average Bonchev–Trinajstić information content (AvgIpc) is 3.13. The van der Waals surface area contributed by atoms with Crippen LogP contribution in [0, 0.1) is 11.3 Å². The molecule has 6 nitrogen and oxygen atoms in total. The molecule has 0 bridgehead atoms. The van der Waals surface area contributed by atoms with Gasteiger partial charge in [0.1, 0.15) is 0 Å². The van der Waals surface area contributed by atoms with E-state index in [1.165, 1.54) is 11.8 Å². The zero-order chi connectivity index (χ0) is 21.8. The van der Waals surface area contributed by atoms with Crippen LogP contribution >= 0.6 is 11.8 Å². The lowest BCUT2D eigenvalue weighted by molar-refractivity contribution is 0.0625. The van der Waals surface area contributed by atoms with Gasteiger partial charge in [0, 0.05) is 42.9 Å². The number of amides is 1. The highest BCUT2D eigenvalue weighted by atomic mass is 32.2. The van der Waals surface area contributed by atoms with Crippen molar-refractivity contribution in [2.75, 3.05) is 37.7 Å². The molecule has 0 N–H and O–H groups in total. The topological polar surface area (TPSA) is 81.5 Å². The quantitative estimate of drug-likeness (QED) is 0.690. The van der Waals surface area contributed by atoms with E-state index in [1.807, 2.05) is 53.4 Å². The molecule has 1 amide bonds. The van der Waals surface area contributed by atoms with Crippen molar-refractivity contribution in [1.82, 2.24) is 9.80 Å². The number of thioether (sulfide) groups is 1. The number of benzene rings is 2. The summed E-state index contributed by atoms with van der Waals surface area (Å²) in [5.41, 5.74) is 2.48. The van der Waals surface area contributed by atoms with Gasteiger partial charge in [-0.05, 0) is 36.2 Å². The lowest BCUT2D eigenvalue weighted by Crippen LogP contribution is -2.48. The Balaban J connectivity index is 1.36. The van der Waals surface area contributed by atoms with Crippen LogP contribution in [0.25, 0.3) is 0 Å². The second-order valence-electron chi connectivity index (χ2n) is 8.02. The standard InChI is InChI=1S/C23H25N3O3S2/c24-15-18-5-7-19(8-6-18)16-25-10-12-26(13-11-25)23(27)21-3-1-2-4-22(21)30-20-9-14-31(28,29)17-20/h1-8,20H,9-14,16-17H2/t20-/m1/s1. The number of hydrogen-bond acceptors (Lipinski definition) is 6. The molecule has 2 fully saturated rings. The maximum absolute atomic E-state index is 13.2. The fourth-order valence-corrected chi connectivity index (χ4v) is 7.62. The maximum Gasteiger partial charge on any atom is 0.255 e. The van der Waals surface area contributed by atoms with Crippen molar-refractivity contribution in [2.24, 2.45) is 0 Å². The Kier molecular flexibility index (Phi) is 6.65. The second kappa shape index (κ2) is 9.43. The molecule has 2 aromatic carbocycles. The lowest BCUT2D eigenvalue weighted by atomic mass is 10.1. The highest BCUT2D eigenvalue weighted by Gasteiger charge is 2.30. The summed E-state index contributed by atoms with van der Waals surface area (Å²) in [5, 5.41) is 8.94. The molecule has 1 atom stereocenters. The summed E-state index contributed by atoms with van der Waals surface area (Å²) < 4.78 is 23.6. The van der Waals surface area contributed by atoms with E-state index in [9.17, 15) is 13.2 Å². The summed E-state index contributed by atoms with van der Waals surface area (Å²) in [6, 6.07) is 17.3. The van der Waals surface area contributed by atoms with Crippen molar-refractivity contribution >= 4 is 27.5 Å². The summed E-state index contributed by atoms with van der Waals surface area (Å²) >= 11 is 1.52. The third-order valence-electron chi connectivity index (χ3n) is 5.75. The van der Waals surface area contributed by atoms with E-state index in [-0.39, 0.29) is 22.7 Å². The first-order valence-corrected chi connectivity index (χ1v) is 13.1. The summed E-state index contributed by atoms with van der Waals surface area (Å²) in [4.78, 5) is 18.3. The zero-order valence-electron chi connectivity index (χ0n) is 17.2. The van der Waals surface area contributed by atoms with E-state index < -0.39 is 9.84 Å². The van der Waals surface area contributed by atoms with Crippen molar-refractivity contribution in [3.8, 4) is 6.07 Å². The van der Waals surface area contributed by atoms with E-state index in [0.717, 1.165) is 30.1 Å². The molecule has 2 heterocycles. The van der Waals surface area contributed by atoms with Gasteiger partial charge in [-0.1, -0.05) is 24.3 Å². The van der Waals surface area contributed by atoms with Crippen LogP contribution in [-0.2, 0) is 16.4 Å². The van der Waals surface area contributed by atoms with Gasteiger partial charge in [-0.3, -0.25) is 9.69 Å². The molecule has 0 radical (unpaired) electrons. The largest absolute Gasteiger partial charge is 0.336 e. The number of nitrogens with zero attached hydrogens (tertiary/aromatic N) is 3.